The van der Waals surface area contributed by atoms with Gasteiger partial charge in [-0.15, -0.1) is 0 Å². The average Bonchev–Trinajstić information content (AvgIpc) is 2.74. The number of likely N-dealkylation sites (N-methyl/N-ethyl adjacent to an activating group) is 1. The second-order valence-electron chi connectivity index (χ2n) is 5.59. The lowest BCUT2D eigenvalue weighted by atomic mass is 9.93. The van der Waals surface area contributed by atoms with Crippen LogP contribution in [0.4, 0.5) is 0 Å². The fourth-order valence-electron chi connectivity index (χ4n) is 2.66. The van der Waals surface area contributed by atoms with Gasteiger partial charge in [-0.25, -0.2) is 0 Å². The summed E-state index contributed by atoms with van der Waals surface area (Å²) >= 11 is 0. The molecule has 2 aliphatic rings. The van der Waals surface area contributed by atoms with Crippen LogP contribution in [-0.4, -0.2) is 61.0 Å². The molecular formula is C13H23NO4. The smallest absolute Gasteiger partial charge is 0.251 e. The van der Waals surface area contributed by atoms with Crippen LogP contribution in [0.2, 0.25) is 0 Å². The molecule has 0 aliphatic carbocycles. The minimum absolute atomic E-state index is 0.0140. The summed E-state index contributed by atoms with van der Waals surface area (Å²) < 4.78 is 10.7. The molecule has 0 radical (unpaired) electrons. The Morgan fingerprint density at radius 2 is 2.06 bits per heavy atom. The van der Waals surface area contributed by atoms with E-state index in [-0.39, 0.29) is 17.9 Å². The van der Waals surface area contributed by atoms with E-state index in [1.165, 1.54) is 0 Å². The predicted octanol–water partition coefficient (Wildman–Crippen LogP) is 0.411. The van der Waals surface area contributed by atoms with Gasteiger partial charge in [0, 0.05) is 46.3 Å². The molecule has 2 unspecified atom stereocenters. The van der Waals surface area contributed by atoms with Crippen molar-refractivity contribution in [2.24, 2.45) is 5.92 Å². The van der Waals surface area contributed by atoms with Crippen molar-refractivity contribution in [1.29, 1.82) is 0 Å². The lowest BCUT2D eigenvalue weighted by Crippen LogP contribution is -2.50. The molecule has 0 saturated carbocycles. The van der Waals surface area contributed by atoms with Crippen LogP contribution >= 0.6 is 0 Å². The number of aliphatic hydroxyl groups is 1. The molecule has 2 heterocycles. The number of rotatable bonds is 3. The Bertz CT molecular complexity index is 301. The van der Waals surface area contributed by atoms with E-state index in [0.29, 0.717) is 39.2 Å². The number of nitrogens with zero attached hydrogens (tertiary/aromatic N) is 1. The summed E-state index contributed by atoms with van der Waals surface area (Å²) in [5, 5.41) is 10.4. The van der Waals surface area contributed by atoms with Gasteiger partial charge in [0.25, 0.3) is 5.91 Å². The van der Waals surface area contributed by atoms with Crippen molar-refractivity contribution in [1.82, 2.24) is 4.90 Å². The van der Waals surface area contributed by atoms with Gasteiger partial charge in [-0.3, -0.25) is 4.79 Å². The second kappa shape index (κ2) is 5.55. The maximum absolute atomic E-state index is 12.2. The van der Waals surface area contributed by atoms with Gasteiger partial charge in [0.1, 0.15) is 6.10 Å². The van der Waals surface area contributed by atoms with E-state index in [2.05, 4.69) is 0 Å². The number of ether oxygens (including phenoxy) is 2. The molecule has 0 aromatic carbocycles. The summed E-state index contributed by atoms with van der Waals surface area (Å²) in [6.07, 6.45) is 1.78. The van der Waals surface area contributed by atoms with Gasteiger partial charge in [0.2, 0.25) is 0 Å². The normalized spacial score (nSPS) is 31.3. The zero-order valence-corrected chi connectivity index (χ0v) is 11.2. The minimum Gasteiger partial charge on any atom is -0.388 e. The highest BCUT2D eigenvalue weighted by Crippen LogP contribution is 2.25. The third-order valence-corrected chi connectivity index (χ3v) is 3.96. The van der Waals surface area contributed by atoms with Crippen LogP contribution in [0.1, 0.15) is 26.2 Å². The van der Waals surface area contributed by atoms with Crippen LogP contribution in [0.15, 0.2) is 0 Å². The highest BCUT2D eigenvalue weighted by molar-refractivity contribution is 5.81. The molecule has 0 aromatic heterocycles. The molecule has 2 aliphatic heterocycles. The van der Waals surface area contributed by atoms with Crippen molar-refractivity contribution >= 4 is 5.91 Å². The molecule has 1 amide bonds. The predicted molar refractivity (Wildman–Crippen MR) is 66.2 cm³/mol. The molecular weight excluding hydrogens is 234 g/mol. The summed E-state index contributed by atoms with van der Waals surface area (Å²) in [5.74, 6) is 0.254. The molecule has 1 N–H and O–H groups in total. The molecule has 0 spiro atoms. The van der Waals surface area contributed by atoms with E-state index in [9.17, 15) is 9.90 Å². The maximum Gasteiger partial charge on any atom is 0.251 e. The lowest BCUT2D eigenvalue weighted by molar-refractivity contribution is -0.147. The third-order valence-electron chi connectivity index (χ3n) is 3.96. The van der Waals surface area contributed by atoms with Crippen LogP contribution in [0, 0.1) is 5.92 Å². The zero-order chi connectivity index (χ0) is 13.2. The van der Waals surface area contributed by atoms with Gasteiger partial charge in [0.15, 0.2) is 0 Å². The minimum atomic E-state index is -0.801. The number of carbonyl (C=O) groups excluding carboxylic acids is 1. The van der Waals surface area contributed by atoms with Gasteiger partial charge in [-0.05, 0) is 12.3 Å². The van der Waals surface area contributed by atoms with E-state index in [1.807, 2.05) is 6.92 Å². The number of amides is 1. The Kier molecular flexibility index (Phi) is 4.25. The van der Waals surface area contributed by atoms with Gasteiger partial charge in [-0.1, -0.05) is 6.92 Å². The molecule has 5 nitrogen and oxygen atoms in total. The summed E-state index contributed by atoms with van der Waals surface area (Å²) in [6, 6.07) is 0. The van der Waals surface area contributed by atoms with E-state index in [0.717, 1.165) is 6.42 Å². The average molecular weight is 257 g/mol. The maximum atomic E-state index is 12.2. The van der Waals surface area contributed by atoms with Crippen molar-refractivity contribution < 1.29 is 19.4 Å². The first kappa shape index (κ1) is 13.8. The quantitative estimate of drug-likeness (QED) is 0.795. The zero-order valence-electron chi connectivity index (χ0n) is 11.2. The van der Waals surface area contributed by atoms with Gasteiger partial charge < -0.3 is 19.5 Å². The van der Waals surface area contributed by atoms with Crippen LogP contribution in [0.25, 0.3) is 0 Å². The Labute approximate surface area is 108 Å². The van der Waals surface area contributed by atoms with Gasteiger partial charge in [-0.2, -0.15) is 0 Å². The van der Waals surface area contributed by atoms with Crippen LogP contribution in [-0.2, 0) is 14.3 Å². The molecule has 5 heteroatoms. The molecule has 2 saturated heterocycles. The number of hydrogen-bond acceptors (Lipinski definition) is 4. The van der Waals surface area contributed by atoms with Crippen molar-refractivity contribution in [3.63, 3.8) is 0 Å². The first-order valence-electron chi connectivity index (χ1n) is 6.68. The fourth-order valence-corrected chi connectivity index (χ4v) is 2.66. The van der Waals surface area contributed by atoms with E-state index >= 15 is 0 Å². The fraction of sp³-hybridized carbons (Fsp3) is 0.923. The molecule has 18 heavy (non-hydrogen) atoms. The van der Waals surface area contributed by atoms with E-state index < -0.39 is 5.60 Å². The third kappa shape index (κ3) is 3.02. The second-order valence-corrected chi connectivity index (χ2v) is 5.59. The highest BCUT2D eigenvalue weighted by Gasteiger charge is 2.37. The van der Waals surface area contributed by atoms with Gasteiger partial charge >= 0.3 is 0 Å². The van der Waals surface area contributed by atoms with Crippen molar-refractivity contribution in [2.75, 3.05) is 33.4 Å². The number of hydrogen-bond donors (Lipinski definition) is 1. The van der Waals surface area contributed by atoms with Crippen LogP contribution in [0.5, 0.6) is 0 Å². The summed E-state index contributed by atoms with van der Waals surface area (Å²) in [4.78, 5) is 13.8. The van der Waals surface area contributed by atoms with E-state index in [4.69, 9.17) is 9.47 Å². The van der Waals surface area contributed by atoms with Crippen molar-refractivity contribution in [3.05, 3.63) is 0 Å². The standard InChI is InChI=1S/C13H23NO4/c1-10-3-6-18-11(10)12(15)14(2)9-13(16)4-7-17-8-5-13/h10-11,16H,3-9H2,1-2H3. The number of carbonyl (C=O) groups is 1. The molecule has 2 atom stereocenters. The Balaban J connectivity index is 1.90. The first-order chi connectivity index (χ1) is 8.52. The van der Waals surface area contributed by atoms with Crippen LogP contribution in [0.3, 0.4) is 0 Å². The largest absolute Gasteiger partial charge is 0.388 e. The van der Waals surface area contributed by atoms with Gasteiger partial charge in [0.05, 0.1) is 5.60 Å². The first-order valence-corrected chi connectivity index (χ1v) is 6.68. The molecule has 0 aromatic rings. The van der Waals surface area contributed by atoms with Crippen molar-refractivity contribution in [2.45, 2.75) is 37.9 Å². The molecule has 2 rings (SSSR count). The summed E-state index contributed by atoms with van der Waals surface area (Å²) in [6.45, 7) is 4.18. The molecule has 104 valence electrons. The lowest BCUT2D eigenvalue weighted by Gasteiger charge is -2.36. The SMILES string of the molecule is CC1CCOC1C(=O)N(C)CC1(O)CCOCC1. The highest BCUT2D eigenvalue weighted by atomic mass is 16.5. The Morgan fingerprint density at radius 3 is 2.61 bits per heavy atom. The van der Waals surface area contributed by atoms with E-state index in [1.54, 1.807) is 11.9 Å². The van der Waals surface area contributed by atoms with Crippen molar-refractivity contribution in [3.8, 4) is 0 Å². The molecule has 2 fully saturated rings. The summed E-state index contributed by atoms with van der Waals surface area (Å²) in [7, 11) is 1.74. The molecule has 0 bridgehead atoms. The summed E-state index contributed by atoms with van der Waals surface area (Å²) in [5.41, 5.74) is -0.801. The Morgan fingerprint density at radius 1 is 1.39 bits per heavy atom. The Hall–Kier alpha value is -0.650. The van der Waals surface area contributed by atoms with Crippen LogP contribution < -0.4 is 0 Å². The topological polar surface area (TPSA) is 59.0 Å². The monoisotopic (exact) mass is 257 g/mol.